The molecule has 0 heterocycles. The van der Waals surface area contributed by atoms with Gasteiger partial charge in [-0.1, -0.05) is 83.4 Å². The Balaban J connectivity index is 1.64. The van der Waals surface area contributed by atoms with E-state index in [-0.39, 0.29) is 35.7 Å². The lowest BCUT2D eigenvalue weighted by molar-refractivity contribution is -0.122. The molecule has 2 fully saturated rings. The maximum absolute atomic E-state index is 12.8. The highest BCUT2D eigenvalue weighted by Gasteiger charge is 2.42. The first-order valence-electron chi connectivity index (χ1n) is 15.5. The number of hydrogen-bond acceptors (Lipinski definition) is 6. The quantitative estimate of drug-likeness (QED) is 0.135. The molecule has 0 spiro atoms. The third kappa shape index (κ3) is 10.5. The standard InChI is InChI=1S/C32H48N4O4/c1-3-5-7-9-14-18-29(37)34-33-28-21-20-25-22-26(40-32(39)24-16-12-11-13-17-24)23-27(28)31(25)36-35-30(38)19-15-10-8-6-4-2/h11-13,16-17,25-27H,3-10,14-15,18-23H2,1-2H3,(H,34,37)(H,35,38). The number of esters is 1. The summed E-state index contributed by atoms with van der Waals surface area (Å²) in [5.41, 5.74) is 7.78. The molecule has 1 aromatic carbocycles. The number of hydrogen-bond donors (Lipinski definition) is 2. The van der Waals surface area contributed by atoms with Crippen LogP contribution in [0.2, 0.25) is 0 Å². The minimum Gasteiger partial charge on any atom is -0.459 e. The van der Waals surface area contributed by atoms with Gasteiger partial charge < -0.3 is 4.74 Å². The Hall–Kier alpha value is -3.03. The Morgan fingerprint density at radius 1 is 0.800 bits per heavy atom. The van der Waals surface area contributed by atoms with Crippen LogP contribution in [-0.4, -0.2) is 35.3 Å². The van der Waals surface area contributed by atoms with E-state index in [1.165, 1.54) is 25.7 Å². The summed E-state index contributed by atoms with van der Waals surface area (Å²) in [6.45, 7) is 4.35. The van der Waals surface area contributed by atoms with Crippen LogP contribution < -0.4 is 10.9 Å². The van der Waals surface area contributed by atoms with Crippen molar-refractivity contribution >= 4 is 29.2 Å². The van der Waals surface area contributed by atoms with Gasteiger partial charge in [0.05, 0.1) is 11.3 Å². The molecule has 1 aromatic rings. The summed E-state index contributed by atoms with van der Waals surface area (Å²) < 4.78 is 5.91. The average molecular weight is 553 g/mol. The fraction of sp³-hybridized carbons (Fsp3) is 0.656. The van der Waals surface area contributed by atoms with Gasteiger partial charge >= 0.3 is 5.97 Å². The number of carbonyl (C=O) groups excluding carboxylic acids is 3. The minimum absolute atomic E-state index is 0.0745. The second kappa shape index (κ2) is 17.6. The molecule has 2 bridgehead atoms. The van der Waals surface area contributed by atoms with Gasteiger partial charge in [-0.25, -0.2) is 15.6 Å². The second-order valence-electron chi connectivity index (χ2n) is 11.2. The molecule has 2 amide bonds. The van der Waals surface area contributed by atoms with Crippen molar-refractivity contribution in [1.29, 1.82) is 0 Å². The maximum atomic E-state index is 12.8. The molecule has 0 aliphatic heterocycles. The molecule has 220 valence electrons. The van der Waals surface area contributed by atoms with Gasteiger partial charge in [0.15, 0.2) is 0 Å². The van der Waals surface area contributed by atoms with Crippen molar-refractivity contribution in [1.82, 2.24) is 10.9 Å². The molecular weight excluding hydrogens is 504 g/mol. The highest BCUT2D eigenvalue weighted by atomic mass is 16.5. The van der Waals surface area contributed by atoms with E-state index in [0.717, 1.165) is 62.8 Å². The number of amides is 2. The van der Waals surface area contributed by atoms with E-state index in [4.69, 9.17) is 4.74 Å². The van der Waals surface area contributed by atoms with Crippen LogP contribution in [0.25, 0.3) is 0 Å². The SMILES string of the molecule is CCCCCCCC(=O)NN=C1CCC2CC(OC(=O)c3ccccc3)CC1C2=NNC(=O)CCCCCCC. The van der Waals surface area contributed by atoms with E-state index in [9.17, 15) is 14.4 Å². The van der Waals surface area contributed by atoms with Crippen LogP contribution in [0.5, 0.6) is 0 Å². The second-order valence-corrected chi connectivity index (χ2v) is 11.2. The normalized spacial score (nSPS) is 22.2. The number of unbranched alkanes of at least 4 members (excludes halogenated alkanes) is 8. The summed E-state index contributed by atoms with van der Waals surface area (Å²) in [5.74, 6) is -0.588. The van der Waals surface area contributed by atoms with Crippen LogP contribution >= 0.6 is 0 Å². The van der Waals surface area contributed by atoms with E-state index in [0.29, 0.717) is 31.2 Å². The van der Waals surface area contributed by atoms with Gasteiger partial charge in [0.1, 0.15) is 6.10 Å². The molecule has 0 aromatic heterocycles. The van der Waals surface area contributed by atoms with Crippen LogP contribution in [0.1, 0.15) is 127 Å². The molecule has 3 unspecified atom stereocenters. The topological polar surface area (TPSA) is 109 Å². The van der Waals surface area contributed by atoms with Crippen LogP contribution in [-0.2, 0) is 14.3 Å². The summed E-state index contributed by atoms with van der Waals surface area (Å²) in [5, 5.41) is 9.12. The number of hydrazone groups is 2. The minimum atomic E-state index is -0.338. The Labute approximate surface area is 239 Å². The Morgan fingerprint density at radius 2 is 1.40 bits per heavy atom. The largest absolute Gasteiger partial charge is 0.459 e. The molecular formula is C32H48N4O4. The fourth-order valence-corrected chi connectivity index (χ4v) is 5.62. The molecule has 40 heavy (non-hydrogen) atoms. The van der Waals surface area contributed by atoms with Crippen molar-refractivity contribution in [2.24, 2.45) is 22.0 Å². The van der Waals surface area contributed by atoms with Crippen LogP contribution in [0.3, 0.4) is 0 Å². The molecule has 2 N–H and O–H groups in total. The Kier molecular flexibility index (Phi) is 13.9. The van der Waals surface area contributed by atoms with Crippen molar-refractivity contribution in [3.05, 3.63) is 35.9 Å². The van der Waals surface area contributed by atoms with Crippen molar-refractivity contribution in [2.45, 2.75) is 123 Å². The van der Waals surface area contributed by atoms with Crippen molar-refractivity contribution in [3.8, 4) is 0 Å². The zero-order valence-corrected chi connectivity index (χ0v) is 24.5. The van der Waals surface area contributed by atoms with Crippen molar-refractivity contribution < 1.29 is 19.1 Å². The molecule has 2 saturated carbocycles. The lowest BCUT2D eigenvalue weighted by Crippen LogP contribution is -2.46. The first-order chi connectivity index (χ1) is 19.5. The fourth-order valence-electron chi connectivity index (χ4n) is 5.62. The van der Waals surface area contributed by atoms with Gasteiger partial charge in [0, 0.05) is 30.4 Å². The summed E-state index contributed by atoms with van der Waals surface area (Å²) in [7, 11) is 0. The summed E-state index contributed by atoms with van der Waals surface area (Å²) >= 11 is 0. The van der Waals surface area contributed by atoms with E-state index >= 15 is 0 Å². The molecule has 0 saturated heterocycles. The third-order valence-corrected chi connectivity index (χ3v) is 7.90. The van der Waals surface area contributed by atoms with Crippen LogP contribution in [0, 0.1) is 11.8 Å². The molecule has 2 aliphatic rings. The lowest BCUT2D eigenvalue weighted by atomic mass is 9.68. The number of benzene rings is 1. The van der Waals surface area contributed by atoms with Crippen molar-refractivity contribution in [3.63, 3.8) is 0 Å². The third-order valence-electron chi connectivity index (χ3n) is 7.90. The van der Waals surface area contributed by atoms with Gasteiger partial charge in [-0.05, 0) is 50.7 Å². The monoisotopic (exact) mass is 552 g/mol. The first-order valence-corrected chi connectivity index (χ1v) is 15.5. The highest BCUT2D eigenvalue weighted by Crippen LogP contribution is 2.38. The van der Waals surface area contributed by atoms with Crippen LogP contribution in [0.4, 0.5) is 0 Å². The lowest BCUT2D eigenvalue weighted by Gasteiger charge is -2.40. The molecule has 3 atom stereocenters. The number of ether oxygens (including phenoxy) is 1. The van der Waals surface area contributed by atoms with Gasteiger partial charge in [0.25, 0.3) is 0 Å². The van der Waals surface area contributed by atoms with E-state index in [1.807, 2.05) is 18.2 Å². The number of rotatable bonds is 16. The highest BCUT2D eigenvalue weighted by molar-refractivity contribution is 6.11. The molecule has 0 radical (unpaired) electrons. The van der Waals surface area contributed by atoms with Crippen molar-refractivity contribution in [2.75, 3.05) is 0 Å². The summed E-state index contributed by atoms with van der Waals surface area (Å²) in [4.78, 5) is 37.7. The predicted molar refractivity (Wildman–Crippen MR) is 159 cm³/mol. The van der Waals surface area contributed by atoms with E-state index in [2.05, 4.69) is 34.9 Å². The Bertz CT molecular complexity index is 1010. The smallest absolute Gasteiger partial charge is 0.338 e. The predicted octanol–water partition coefficient (Wildman–Crippen LogP) is 6.70. The maximum Gasteiger partial charge on any atom is 0.338 e. The first kappa shape index (κ1) is 31.5. The van der Waals surface area contributed by atoms with E-state index < -0.39 is 0 Å². The Morgan fingerprint density at radius 3 is 2.02 bits per heavy atom. The summed E-state index contributed by atoms with van der Waals surface area (Å²) in [6, 6.07) is 9.01. The molecule has 8 heteroatoms. The number of nitrogens with zero attached hydrogens (tertiary/aromatic N) is 2. The average Bonchev–Trinajstić information content (AvgIpc) is 2.96. The number of nitrogens with one attached hydrogen (secondary N) is 2. The molecule has 3 rings (SSSR count). The summed E-state index contributed by atoms with van der Waals surface area (Å²) in [6.07, 6.45) is 14.2. The zero-order chi connectivity index (χ0) is 28.6. The van der Waals surface area contributed by atoms with E-state index in [1.54, 1.807) is 12.1 Å². The molecule has 2 aliphatic carbocycles. The molecule has 8 nitrogen and oxygen atoms in total. The number of fused-ring (bicyclic) bond motifs is 2. The van der Waals surface area contributed by atoms with Gasteiger partial charge in [-0.3, -0.25) is 9.59 Å². The van der Waals surface area contributed by atoms with Crippen LogP contribution in [0.15, 0.2) is 40.5 Å². The zero-order valence-electron chi connectivity index (χ0n) is 24.5. The van der Waals surface area contributed by atoms with Gasteiger partial charge in [-0.15, -0.1) is 0 Å². The van der Waals surface area contributed by atoms with Gasteiger partial charge in [-0.2, -0.15) is 10.2 Å². The van der Waals surface area contributed by atoms with Gasteiger partial charge in [0.2, 0.25) is 11.8 Å². The number of carbonyl (C=O) groups is 3.